The summed E-state index contributed by atoms with van der Waals surface area (Å²) in [7, 11) is -4.32. The quantitative estimate of drug-likeness (QED) is 0.698. The molecule has 0 aromatic heterocycles. The van der Waals surface area contributed by atoms with Gasteiger partial charge in [-0.05, 0) is 50.5 Å². The zero-order chi connectivity index (χ0) is 21.0. The van der Waals surface area contributed by atoms with E-state index in [-0.39, 0.29) is 6.54 Å². The Bertz CT molecular complexity index is 923. The van der Waals surface area contributed by atoms with E-state index < -0.39 is 37.1 Å². The first-order valence-electron chi connectivity index (χ1n) is 8.70. The number of carbonyl (C=O) groups is 1. The lowest BCUT2D eigenvalue weighted by Gasteiger charge is -2.24. The molecule has 0 aliphatic rings. The second kappa shape index (κ2) is 8.34. The fraction of sp³-hybridized carbons (Fsp3) is 0.350. The highest BCUT2D eigenvalue weighted by molar-refractivity contribution is 7.93. The first kappa shape index (κ1) is 21.9. The van der Waals surface area contributed by atoms with Crippen LogP contribution in [0.15, 0.2) is 59.5 Å². The summed E-state index contributed by atoms with van der Waals surface area (Å²) in [6.07, 6.45) is -3.35. The van der Waals surface area contributed by atoms with Gasteiger partial charge in [-0.1, -0.05) is 36.4 Å². The van der Waals surface area contributed by atoms with E-state index in [4.69, 9.17) is 0 Å². The number of hydrogen-bond donors (Lipinski definition) is 1. The van der Waals surface area contributed by atoms with Crippen molar-refractivity contribution in [3.8, 4) is 0 Å². The molecule has 28 heavy (non-hydrogen) atoms. The van der Waals surface area contributed by atoms with Crippen molar-refractivity contribution in [1.29, 1.82) is 0 Å². The second-order valence-electron chi connectivity index (χ2n) is 6.88. The lowest BCUT2D eigenvalue weighted by atomic mass is 10.1. The van der Waals surface area contributed by atoms with Crippen molar-refractivity contribution in [2.75, 3.05) is 6.54 Å². The number of nitrogens with one attached hydrogen (secondary N) is 1. The molecule has 0 spiro atoms. The molecule has 152 valence electrons. The maximum atomic E-state index is 12.9. The Kier molecular flexibility index (Phi) is 6.54. The summed E-state index contributed by atoms with van der Waals surface area (Å²) in [5.41, 5.74) is 0.0141. The molecule has 0 aliphatic heterocycles. The predicted octanol–water partition coefficient (Wildman–Crippen LogP) is 4.01. The van der Waals surface area contributed by atoms with Crippen LogP contribution < -0.4 is 5.32 Å². The lowest BCUT2D eigenvalue weighted by Crippen LogP contribution is -2.48. The highest BCUT2D eigenvalue weighted by atomic mass is 32.2. The van der Waals surface area contributed by atoms with Crippen molar-refractivity contribution in [3.63, 3.8) is 0 Å². The molecule has 2 aromatic rings. The fourth-order valence-electron chi connectivity index (χ4n) is 2.61. The van der Waals surface area contributed by atoms with Gasteiger partial charge in [-0.15, -0.1) is 0 Å². The third kappa shape index (κ3) is 4.92. The molecular weight excluding hydrogens is 391 g/mol. The van der Waals surface area contributed by atoms with E-state index in [0.29, 0.717) is 18.9 Å². The van der Waals surface area contributed by atoms with Crippen molar-refractivity contribution < 1.29 is 26.4 Å². The Hall–Kier alpha value is -2.35. The number of halogens is 3. The van der Waals surface area contributed by atoms with Crippen LogP contribution in [0.5, 0.6) is 0 Å². The molecule has 1 N–H and O–H groups in total. The second-order valence-corrected chi connectivity index (χ2v) is 9.38. The van der Waals surface area contributed by atoms with E-state index in [1.54, 1.807) is 0 Å². The smallest absolute Gasteiger partial charge is 0.355 e. The lowest BCUT2D eigenvalue weighted by molar-refractivity contribution is -0.137. The van der Waals surface area contributed by atoms with E-state index in [0.717, 1.165) is 23.8 Å². The average molecular weight is 413 g/mol. The number of benzene rings is 2. The molecule has 8 heteroatoms. The molecule has 2 aromatic carbocycles. The van der Waals surface area contributed by atoms with Gasteiger partial charge in [0.25, 0.3) is 0 Å². The van der Waals surface area contributed by atoms with Crippen LogP contribution in [0.25, 0.3) is 0 Å². The minimum Gasteiger partial charge on any atom is -0.355 e. The Balaban J connectivity index is 2.08. The number of sulfone groups is 1. The minimum absolute atomic E-state index is 0.259. The summed E-state index contributed by atoms with van der Waals surface area (Å²) in [4.78, 5) is 11.9. The number of rotatable bonds is 7. The van der Waals surface area contributed by atoms with E-state index in [2.05, 4.69) is 5.32 Å². The Labute approximate surface area is 162 Å². The van der Waals surface area contributed by atoms with Gasteiger partial charge >= 0.3 is 6.18 Å². The number of carbonyl (C=O) groups excluding carboxylic acids is 1. The van der Waals surface area contributed by atoms with Crippen LogP contribution in [0, 0.1) is 0 Å². The van der Waals surface area contributed by atoms with Crippen LogP contribution in [0.2, 0.25) is 0 Å². The number of hydrogen-bond acceptors (Lipinski definition) is 3. The van der Waals surface area contributed by atoms with Crippen LogP contribution in [-0.2, 0) is 27.2 Å². The molecule has 0 aliphatic carbocycles. The van der Waals surface area contributed by atoms with Crippen molar-refractivity contribution in [1.82, 2.24) is 5.32 Å². The predicted molar refractivity (Wildman–Crippen MR) is 100 cm³/mol. The Morgan fingerprint density at radius 3 is 2.25 bits per heavy atom. The van der Waals surface area contributed by atoms with E-state index in [1.165, 1.54) is 13.8 Å². The molecular formula is C20H22F3NO3S. The van der Waals surface area contributed by atoms with Gasteiger partial charge in [0.05, 0.1) is 10.5 Å². The summed E-state index contributed by atoms with van der Waals surface area (Å²) in [6.45, 7) is 2.64. The molecule has 1 amide bonds. The maximum Gasteiger partial charge on any atom is 0.416 e. The van der Waals surface area contributed by atoms with Crippen LogP contribution in [0.1, 0.15) is 31.4 Å². The molecule has 0 radical (unpaired) electrons. The number of alkyl halides is 3. The summed E-state index contributed by atoms with van der Waals surface area (Å²) >= 11 is 0. The third-order valence-electron chi connectivity index (χ3n) is 4.46. The first-order valence-corrected chi connectivity index (χ1v) is 10.2. The van der Waals surface area contributed by atoms with Gasteiger partial charge in [-0.2, -0.15) is 13.2 Å². The summed E-state index contributed by atoms with van der Waals surface area (Å²) < 4.78 is 62.3. The van der Waals surface area contributed by atoms with Crippen LogP contribution >= 0.6 is 0 Å². The largest absolute Gasteiger partial charge is 0.416 e. The van der Waals surface area contributed by atoms with E-state index in [9.17, 15) is 26.4 Å². The Morgan fingerprint density at radius 2 is 1.64 bits per heavy atom. The monoisotopic (exact) mass is 413 g/mol. The zero-order valence-corrected chi connectivity index (χ0v) is 16.4. The van der Waals surface area contributed by atoms with Gasteiger partial charge in [0.1, 0.15) is 4.75 Å². The van der Waals surface area contributed by atoms with E-state index in [1.807, 2.05) is 30.3 Å². The van der Waals surface area contributed by atoms with Crippen molar-refractivity contribution in [3.05, 3.63) is 65.7 Å². The fourth-order valence-corrected chi connectivity index (χ4v) is 4.05. The Morgan fingerprint density at radius 1 is 1.00 bits per heavy atom. The highest BCUT2D eigenvalue weighted by Crippen LogP contribution is 2.33. The van der Waals surface area contributed by atoms with Crippen molar-refractivity contribution in [2.45, 2.75) is 42.5 Å². The highest BCUT2D eigenvalue weighted by Gasteiger charge is 2.43. The normalized spacial score (nSPS) is 12.6. The zero-order valence-electron chi connectivity index (χ0n) is 15.6. The summed E-state index contributed by atoms with van der Waals surface area (Å²) in [5, 5.41) is 2.57. The first-order chi connectivity index (χ1) is 13.0. The SMILES string of the molecule is CC(C)(C(=O)NCCCc1ccccc1)S(=O)(=O)c1cccc(C(F)(F)F)c1. The molecule has 4 nitrogen and oxygen atoms in total. The molecule has 0 heterocycles. The van der Waals surface area contributed by atoms with Gasteiger partial charge in [0.2, 0.25) is 5.91 Å². The standard InChI is InChI=1S/C20H22F3NO3S/c1-19(2,18(25)24-13-7-10-15-8-4-3-5-9-15)28(26,27)17-12-6-11-16(14-17)20(21,22)23/h3-6,8-9,11-12,14H,7,10,13H2,1-2H3,(H,24,25). The van der Waals surface area contributed by atoms with Crippen LogP contribution in [-0.4, -0.2) is 25.6 Å². The van der Waals surface area contributed by atoms with Crippen molar-refractivity contribution in [2.24, 2.45) is 0 Å². The summed E-state index contributed by atoms with van der Waals surface area (Å²) in [5.74, 6) is -0.752. The minimum atomic E-state index is -4.67. The van der Waals surface area contributed by atoms with Crippen LogP contribution in [0.4, 0.5) is 13.2 Å². The summed E-state index contributed by atoms with van der Waals surface area (Å²) in [6, 6.07) is 13.0. The topological polar surface area (TPSA) is 63.2 Å². The number of amides is 1. The van der Waals surface area contributed by atoms with E-state index >= 15 is 0 Å². The average Bonchev–Trinajstić information content (AvgIpc) is 2.65. The molecule has 0 atom stereocenters. The van der Waals surface area contributed by atoms with Gasteiger partial charge < -0.3 is 5.32 Å². The maximum absolute atomic E-state index is 12.9. The van der Waals surface area contributed by atoms with Crippen LogP contribution in [0.3, 0.4) is 0 Å². The molecule has 0 saturated carbocycles. The van der Waals surface area contributed by atoms with Gasteiger partial charge in [-0.3, -0.25) is 4.79 Å². The van der Waals surface area contributed by atoms with Gasteiger partial charge in [0.15, 0.2) is 9.84 Å². The molecule has 0 unspecified atom stereocenters. The van der Waals surface area contributed by atoms with Gasteiger partial charge in [-0.25, -0.2) is 8.42 Å². The third-order valence-corrected chi connectivity index (χ3v) is 6.86. The molecule has 2 rings (SSSR count). The molecule has 0 saturated heterocycles. The van der Waals surface area contributed by atoms with Crippen molar-refractivity contribution >= 4 is 15.7 Å². The number of aryl methyl sites for hydroxylation is 1. The van der Waals surface area contributed by atoms with Gasteiger partial charge in [0, 0.05) is 6.54 Å². The molecule has 0 bridgehead atoms. The molecule has 0 fully saturated rings.